The molecule has 0 amide bonds. The molecule has 0 spiro atoms. The van der Waals surface area contributed by atoms with Crippen molar-refractivity contribution in [2.45, 2.75) is 25.6 Å². The van der Waals surface area contributed by atoms with E-state index < -0.39 is 17.8 Å². The minimum Gasteiger partial charge on any atom is -0.491 e. The molecule has 0 radical (unpaired) electrons. The van der Waals surface area contributed by atoms with E-state index in [1.54, 1.807) is 6.07 Å². The van der Waals surface area contributed by atoms with E-state index >= 15 is 0 Å². The van der Waals surface area contributed by atoms with Crippen molar-refractivity contribution in [2.75, 3.05) is 44.2 Å². The predicted octanol–water partition coefficient (Wildman–Crippen LogP) is 3.83. The van der Waals surface area contributed by atoms with Crippen LogP contribution in [0.3, 0.4) is 0 Å². The summed E-state index contributed by atoms with van der Waals surface area (Å²) in [5.41, 5.74) is 1.14. The Balaban J connectivity index is 1.46. The van der Waals surface area contributed by atoms with E-state index in [-0.39, 0.29) is 6.61 Å². The molecule has 1 heterocycles. The second-order valence-electron chi connectivity index (χ2n) is 7.30. The van der Waals surface area contributed by atoms with Gasteiger partial charge in [-0.25, -0.2) is 0 Å². The van der Waals surface area contributed by atoms with Crippen LogP contribution in [0.5, 0.6) is 5.75 Å². The normalized spacial score (nSPS) is 16.7. The molecule has 2 aromatic rings. The summed E-state index contributed by atoms with van der Waals surface area (Å²) in [6.07, 6.45) is -4.03. The molecular weight excluding hydrogens is 381 g/mol. The molecule has 1 aliphatic heterocycles. The van der Waals surface area contributed by atoms with Crippen molar-refractivity contribution in [1.82, 2.24) is 4.90 Å². The van der Waals surface area contributed by atoms with Crippen LogP contribution in [0.4, 0.5) is 18.9 Å². The highest BCUT2D eigenvalue weighted by molar-refractivity contribution is 5.49. The maximum Gasteiger partial charge on any atom is 0.416 e. The number of rotatable bonds is 7. The zero-order valence-electron chi connectivity index (χ0n) is 16.5. The van der Waals surface area contributed by atoms with Crippen molar-refractivity contribution >= 4 is 5.69 Å². The Labute approximate surface area is 169 Å². The fourth-order valence-corrected chi connectivity index (χ4v) is 3.47. The van der Waals surface area contributed by atoms with Gasteiger partial charge in [0.15, 0.2) is 0 Å². The fourth-order valence-electron chi connectivity index (χ4n) is 3.47. The minimum atomic E-state index is -4.33. The molecule has 158 valence electrons. The first-order chi connectivity index (χ1) is 13.8. The average Bonchev–Trinajstić information content (AvgIpc) is 2.72. The van der Waals surface area contributed by atoms with Gasteiger partial charge in [-0.2, -0.15) is 13.2 Å². The molecule has 1 aliphatic rings. The lowest BCUT2D eigenvalue weighted by molar-refractivity contribution is -0.137. The van der Waals surface area contributed by atoms with Crippen molar-refractivity contribution in [2.24, 2.45) is 0 Å². The molecule has 3 rings (SSSR count). The zero-order chi connectivity index (χ0) is 20.9. The molecule has 1 fully saturated rings. The first-order valence-corrected chi connectivity index (χ1v) is 9.89. The van der Waals surface area contributed by atoms with Crippen molar-refractivity contribution in [1.29, 1.82) is 0 Å². The third-order valence-electron chi connectivity index (χ3n) is 5.13. The summed E-state index contributed by atoms with van der Waals surface area (Å²) in [6.45, 7) is 5.36. The van der Waals surface area contributed by atoms with E-state index in [9.17, 15) is 18.3 Å². The molecule has 1 saturated heterocycles. The molecule has 1 N–H and O–H groups in total. The maximum absolute atomic E-state index is 12.9. The number of benzene rings is 2. The lowest BCUT2D eigenvalue weighted by atomic mass is 10.1. The topological polar surface area (TPSA) is 35.9 Å². The molecule has 7 heteroatoms. The Bertz CT molecular complexity index is 790. The van der Waals surface area contributed by atoms with Gasteiger partial charge in [-0.05, 0) is 42.3 Å². The molecule has 0 bridgehead atoms. The summed E-state index contributed by atoms with van der Waals surface area (Å²) >= 11 is 0. The summed E-state index contributed by atoms with van der Waals surface area (Å²) in [7, 11) is 0. The molecule has 29 heavy (non-hydrogen) atoms. The molecular formula is C22H27F3N2O2. The molecule has 0 aliphatic carbocycles. The molecule has 0 saturated carbocycles. The van der Waals surface area contributed by atoms with Crippen molar-refractivity contribution in [3.63, 3.8) is 0 Å². The smallest absolute Gasteiger partial charge is 0.416 e. The number of ether oxygens (including phenoxy) is 1. The van der Waals surface area contributed by atoms with Gasteiger partial charge in [0, 0.05) is 38.4 Å². The van der Waals surface area contributed by atoms with Crippen molar-refractivity contribution < 1.29 is 23.0 Å². The Morgan fingerprint density at radius 1 is 1.03 bits per heavy atom. The van der Waals surface area contributed by atoms with E-state index in [2.05, 4.69) is 11.8 Å². The monoisotopic (exact) mass is 408 g/mol. The van der Waals surface area contributed by atoms with Crippen LogP contribution in [0.25, 0.3) is 0 Å². The number of β-amino-alcohol motifs (C(OH)–C–C–N with tert-alkyl or cyclic N) is 1. The lowest BCUT2D eigenvalue weighted by Gasteiger charge is -2.37. The predicted molar refractivity (Wildman–Crippen MR) is 107 cm³/mol. The van der Waals surface area contributed by atoms with E-state index in [4.69, 9.17) is 4.74 Å². The molecule has 0 aromatic heterocycles. The second kappa shape index (κ2) is 9.50. The van der Waals surface area contributed by atoms with E-state index in [0.717, 1.165) is 18.2 Å². The van der Waals surface area contributed by atoms with Crippen LogP contribution in [-0.4, -0.2) is 55.4 Å². The van der Waals surface area contributed by atoms with Gasteiger partial charge in [0.1, 0.15) is 18.5 Å². The summed E-state index contributed by atoms with van der Waals surface area (Å²) in [6, 6.07) is 13.3. The standard InChI is InChI=1S/C22H27F3N2O2/c1-2-17-5-3-8-21(13-17)29-16-20(28)15-26-9-11-27(12-10-26)19-7-4-6-18(14-19)22(23,24)25/h3-8,13-14,20,28H,2,9-12,15-16H2,1H3. The van der Waals surface area contributed by atoms with E-state index in [1.807, 2.05) is 29.2 Å². The van der Waals surface area contributed by atoms with Gasteiger partial charge >= 0.3 is 6.18 Å². The summed E-state index contributed by atoms with van der Waals surface area (Å²) in [5.74, 6) is 0.748. The van der Waals surface area contributed by atoms with E-state index in [0.29, 0.717) is 38.4 Å². The zero-order valence-corrected chi connectivity index (χ0v) is 16.5. The first kappa shape index (κ1) is 21.5. The number of hydrogen-bond acceptors (Lipinski definition) is 4. The summed E-state index contributed by atoms with van der Waals surface area (Å²) in [5, 5.41) is 10.3. The second-order valence-corrected chi connectivity index (χ2v) is 7.30. The maximum atomic E-state index is 12.9. The van der Waals surface area contributed by atoms with Crippen molar-refractivity contribution in [3.05, 3.63) is 59.7 Å². The van der Waals surface area contributed by atoms with Gasteiger partial charge in [-0.1, -0.05) is 25.1 Å². The van der Waals surface area contributed by atoms with Gasteiger partial charge in [0.05, 0.1) is 5.56 Å². The largest absolute Gasteiger partial charge is 0.491 e. The van der Waals surface area contributed by atoms with Gasteiger partial charge in [-0.15, -0.1) is 0 Å². The number of nitrogens with zero attached hydrogens (tertiary/aromatic N) is 2. The molecule has 4 nitrogen and oxygen atoms in total. The third-order valence-corrected chi connectivity index (χ3v) is 5.13. The number of alkyl halides is 3. The van der Waals surface area contributed by atoms with Crippen LogP contribution >= 0.6 is 0 Å². The molecule has 2 aromatic carbocycles. The number of aryl methyl sites for hydroxylation is 1. The Hall–Kier alpha value is -2.25. The van der Waals surface area contributed by atoms with Crippen LogP contribution in [0.15, 0.2) is 48.5 Å². The van der Waals surface area contributed by atoms with Crippen LogP contribution in [0.1, 0.15) is 18.1 Å². The summed E-state index contributed by atoms with van der Waals surface area (Å²) < 4.78 is 44.4. The molecule has 1 atom stereocenters. The van der Waals surface area contributed by atoms with Gasteiger partial charge in [0.2, 0.25) is 0 Å². The average molecular weight is 408 g/mol. The van der Waals surface area contributed by atoms with Gasteiger partial charge in [-0.3, -0.25) is 4.90 Å². The van der Waals surface area contributed by atoms with Crippen LogP contribution in [0, 0.1) is 0 Å². The number of hydrogen-bond donors (Lipinski definition) is 1. The Morgan fingerprint density at radius 3 is 2.45 bits per heavy atom. The van der Waals surface area contributed by atoms with Gasteiger partial charge in [0.25, 0.3) is 0 Å². The molecule has 1 unspecified atom stereocenters. The van der Waals surface area contributed by atoms with Gasteiger partial charge < -0.3 is 14.7 Å². The van der Waals surface area contributed by atoms with Crippen molar-refractivity contribution in [3.8, 4) is 5.75 Å². The number of anilines is 1. The first-order valence-electron chi connectivity index (χ1n) is 9.89. The number of aliphatic hydroxyl groups is 1. The highest BCUT2D eigenvalue weighted by Crippen LogP contribution is 2.31. The Morgan fingerprint density at radius 2 is 1.76 bits per heavy atom. The lowest BCUT2D eigenvalue weighted by Crippen LogP contribution is -2.49. The van der Waals surface area contributed by atoms with E-state index in [1.165, 1.54) is 17.7 Å². The quantitative estimate of drug-likeness (QED) is 0.756. The minimum absolute atomic E-state index is 0.209. The fraction of sp³-hybridized carbons (Fsp3) is 0.455. The third kappa shape index (κ3) is 6.11. The highest BCUT2D eigenvalue weighted by Gasteiger charge is 2.31. The van der Waals surface area contributed by atoms with Crippen LogP contribution in [0.2, 0.25) is 0 Å². The summed E-state index contributed by atoms with van der Waals surface area (Å²) in [4.78, 5) is 4.06. The number of aliphatic hydroxyl groups excluding tert-OH is 1. The Kier molecular flexibility index (Phi) is 7.03. The van der Waals surface area contributed by atoms with Crippen LogP contribution in [-0.2, 0) is 12.6 Å². The van der Waals surface area contributed by atoms with Crippen LogP contribution < -0.4 is 9.64 Å². The number of halogens is 3. The SMILES string of the molecule is CCc1cccc(OCC(O)CN2CCN(c3cccc(C(F)(F)F)c3)CC2)c1. The number of piperazine rings is 1. The highest BCUT2D eigenvalue weighted by atomic mass is 19.4.